The molecular formula is C13H24N2O4S. The summed E-state index contributed by atoms with van der Waals surface area (Å²) in [5.74, 6) is 0.571. The van der Waals surface area contributed by atoms with Gasteiger partial charge in [0.15, 0.2) is 9.84 Å². The molecule has 2 rings (SSSR count). The van der Waals surface area contributed by atoms with Gasteiger partial charge in [0.25, 0.3) is 0 Å². The largest absolute Gasteiger partial charge is 0.395 e. The van der Waals surface area contributed by atoms with Crippen LogP contribution >= 0.6 is 0 Å². The number of sulfone groups is 1. The molecule has 1 unspecified atom stereocenters. The lowest BCUT2D eigenvalue weighted by Crippen LogP contribution is -2.44. The molecule has 0 aromatic carbocycles. The van der Waals surface area contributed by atoms with Crippen LogP contribution in [-0.2, 0) is 14.6 Å². The first kappa shape index (κ1) is 15.7. The van der Waals surface area contributed by atoms with Crippen LogP contribution in [0.3, 0.4) is 0 Å². The summed E-state index contributed by atoms with van der Waals surface area (Å²) < 4.78 is 23.1. The summed E-state index contributed by atoms with van der Waals surface area (Å²) in [4.78, 5) is 14.0. The fourth-order valence-corrected chi connectivity index (χ4v) is 4.82. The topological polar surface area (TPSA) is 86.7 Å². The van der Waals surface area contributed by atoms with Crippen molar-refractivity contribution in [1.82, 2.24) is 10.2 Å². The van der Waals surface area contributed by atoms with Crippen LogP contribution in [0.1, 0.15) is 25.7 Å². The molecule has 116 valence electrons. The van der Waals surface area contributed by atoms with Crippen LogP contribution in [0.4, 0.5) is 0 Å². The molecule has 0 aromatic rings. The molecule has 0 spiro atoms. The lowest BCUT2D eigenvalue weighted by molar-refractivity contribution is -0.134. The Kier molecular flexibility index (Phi) is 5.40. The SMILES string of the molecule is O=C(CC1CCNCC1)N(CCO)C1CCS(=O)(=O)C1. The number of hydrogen-bond donors (Lipinski definition) is 2. The summed E-state index contributed by atoms with van der Waals surface area (Å²) in [6.07, 6.45) is 2.95. The van der Waals surface area contributed by atoms with Gasteiger partial charge in [-0.05, 0) is 38.3 Å². The lowest BCUT2D eigenvalue weighted by atomic mass is 9.94. The van der Waals surface area contributed by atoms with Gasteiger partial charge in [0.2, 0.25) is 5.91 Å². The molecule has 2 fully saturated rings. The zero-order valence-electron chi connectivity index (χ0n) is 11.8. The highest BCUT2D eigenvalue weighted by Gasteiger charge is 2.34. The molecule has 7 heteroatoms. The number of carbonyl (C=O) groups is 1. The van der Waals surface area contributed by atoms with Crippen LogP contribution < -0.4 is 5.32 Å². The Labute approximate surface area is 120 Å². The quantitative estimate of drug-likeness (QED) is 0.707. The summed E-state index contributed by atoms with van der Waals surface area (Å²) in [7, 11) is -3.01. The van der Waals surface area contributed by atoms with Gasteiger partial charge in [-0.2, -0.15) is 0 Å². The van der Waals surface area contributed by atoms with Crippen molar-refractivity contribution in [3.63, 3.8) is 0 Å². The molecule has 6 nitrogen and oxygen atoms in total. The summed E-state index contributed by atoms with van der Waals surface area (Å²) in [5.41, 5.74) is 0. The minimum Gasteiger partial charge on any atom is -0.395 e. The van der Waals surface area contributed by atoms with E-state index in [9.17, 15) is 13.2 Å². The molecule has 0 bridgehead atoms. The Morgan fingerprint density at radius 3 is 2.50 bits per heavy atom. The summed E-state index contributed by atoms with van der Waals surface area (Å²) >= 11 is 0. The van der Waals surface area contributed by atoms with Crippen LogP contribution in [0, 0.1) is 5.92 Å². The molecule has 0 aromatic heterocycles. The minimum absolute atomic E-state index is 0.00644. The molecule has 2 aliphatic heterocycles. The molecule has 20 heavy (non-hydrogen) atoms. The predicted octanol–water partition coefficient (Wildman–Crippen LogP) is -0.616. The maximum atomic E-state index is 12.4. The fourth-order valence-electron chi connectivity index (χ4n) is 3.09. The number of aliphatic hydroxyl groups is 1. The van der Waals surface area contributed by atoms with E-state index in [0.717, 1.165) is 25.9 Å². The summed E-state index contributed by atoms with van der Waals surface area (Å²) in [6.45, 7) is 2.00. The van der Waals surface area contributed by atoms with Crippen LogP contribution in [0.5, 0.6) is 0 Å². The monoisotopic (exact) mass is 304 g/mol. The second kappa shape index (κ2) is 6.87. The van der Waals surface area contributed by atoms with Crippen molar-refractivity contribution in [2.45, 2.75) is 31.7 Å². The minimum atomic E-state index is -3.01. The highest BCUT2D eigenvalue weighted by atomic mass is 32.2. The van der Waals surface area contributed by atoms with Gasteiger partial charge in [-0.1, -0.05) is 0 Å². The van der Waals surface area contributed by atoms with Crippen LogP contribution in [0.15, 0.2) is 0 Å². The Balaban J connectivity index is 1.95. The Hall–Kier alpha value is -0.660. The smallest absolute Gasteiger partial charge is 0.223 e. The second-order valence-corrected chi connectivity index (χ2v) is 7.99. The average Bonchev–Trinajstić information content (AvgIpc) is 2.77. The maximum absolute atomic E-state index is 12.4. The zero-order valence-corrected chi connectivity index (χ0v) is 12.6. The lowest BCUT2D eigenvalue weighted by Gasteiger charge is -2.30. The van der Waals surface area contributed by atoms with Crippen molar-refractivity contribution in [2.24, 2.45) is 5.92 Å². The predicted molar refractivity (Wildman–Crippen MR) is 76.1 cm³/mol. The van der Waals surface area contributed by atoms with Crippen LogP contribution in [0.25, 0.3) is 0 Å². The van der Waals surface area contributed by atoms with Gasteiger partial charge < -0.3 is 15.3 Å². The van der Waals surface area contributed by atoms with E-state index < -0.39 is 9.84 Å². The van der Waals surface area contributed by atoms with Gasteiger partial charge in [-0.3, -0.25) is 4.79 Å². The Morgan fingerprint density at radius 2 is 1.95 bits per heavy atom. The van der Waals surface area contributed by atoms with Crippen molar-refractivity contribution in [1.29, 1.82) is 0 Å². The van der Waals surface area contributed by atoms with Crippen molar-refractivity contribution < 1.29 is 18.3 Å². The van der Waals surface area contributed by atoms with E-state index in [1.807, 2.05) is 0 Å². The standard InChI is InChI=1S/C13H24N2O4S/c16-7-6-15(12-3-8-20(18,19)10-12)13(17)9-11-1-4-14-5-2-11/h11-12,14,16H,1-10H2. The first-order valence-corrected chi connectivity index (χ1v) is 9.15. The number of hydrogen-bond acceptors (Lipinski definition) is 5. The third-order valence-corrected chi connectivity index (χ3v) is 5.98. The maximum Gasteiger partial charge on any atom is 0.223 e. The van der Waals surface area contributed by atoms with E-state index in [4.69, 9.17) is 5.11 Å². The highest BCUT2D eigenvalue weighted by molar-refractivity contribution is 7.91. The van der Waals surface area contributed by atoms with Gasteiger partial charge in [0.05, 0.1) is 18.1 Å². The van der Waals surface area contributed by atoms with Crippen LogP contribution in [0.2, 0.25) is 0 Å². The zero-order chi connectivity index (χ0) is 14.6. The molecule has 0 aliphatic carbocycles. The van der Waals surface area contributed by atoms with Gasteiger partial charge >= 0.3 is 0 Å². The van der Waals surface area contributed by atoms with Gasteiger partial charge in [-0.15, -0.1) is 0 Å². The number of nitrogens with one attached hydrogen (secondary N) is 1. The van der Waals surface area contributed by atoms with E-state index in [-0.39, 0.29) is 36.6 Å². The van der Waals surface area contributed by atoms with E-state index in [2.05, 4.69) is 5.32 Å². The van der Waals surface area contributed by atoms with Crippen molar-refractivity contribution >= 4 is 15.7 Å². The molecule has 0 radical (unpaired) electrons. The molecule has 2 heterocycles. The summed E-state index contributed by atoms with van der Waals surface area (Å²) in [5, 5.41) is 12.4. The first-order chi connectivity index (χ1) is 9.52. The van der Waals surface area contributed by atoms with E-state index >= 15 is 0 Å². The molecular weight excluding hydrogens is 280 g/mol. The third kappa shape index (κ3) is 4.17. The molecule has 1 amide bonds. The molecule has 2 aliphatic rings. The third-order valence-electron chi connectivity index (χ3n) is 4.23. The molecule has 1 atom stereocenters. The van der Waals surface area contributed by atoms with E-state index in [1.165, 1.54) is 0 Å². The Bertz CT molecular complexity index is 432. The number of aliphatic hydroxyl groups excluding tert-OH is 1. The van der Waals surface area contributed by atoms with Crippen molar-refractivity contribution in [3.05, 3.63) is 0 Å². The van der Waals surface area contributed by atoms with E-state index in [1.54, 1.807) is 4.90 Å². The Morgan fingerprint density at radius 1 is 1.25 bits per heavy atom. The van der Waals surface area contributed by atoms with Crippen molar-refractivity contribution in [3.8, 4) is 0 Å². The second-order valence-electron chi connectivity index (χ2n) is 5.77. The average molecular weight is 304 g/mol. The normalized spacial score (nSPS) is 26.6. The molecule has 2 saturated heterocycles. The molecule has 0 saturated carbocycles. The number of rotatable bonds is 5. The number of piperidine rings is 1. The van der Waals surface area contributed by atoms with Gasteiger partial charge in [0, 0.05) is 19.0 Å². The van der Waals surface area contributed by atoms with Gasteiger partial charge in [0.1, 0.15) is 0 Å². The highest BCUT2D eigenvalue weighted by Crippen LogP contribution is 2.22. The van der Waals surface area contributed by atoms with Crippen LogP contribution in [-0.4, -0.2) is 68.1 Å². The van der Waals surface area contributed by atoms with Gasteiger partial charge in [-0.25, -0.2) is 8.42 Å². The number of nitrogens with zero attached hydrogens (tertiary/aromatic N) is 1. The fraction of sp³-hybridized carbons (Fsp3) is 0.923. The first-order valence-electron chi connectivity index (χ1n) is 7.33. The number of amides is 1. The van der Waals surface area contributed by atoms with Crippen molar-refractivity contribution in [2.75, 3.05) is 37.7 Å². The number of carbonyl (C=O) groups excluding carboxylic acids is 1. The van der Waals surface area contributed by atoms with E-state index in [0.29, 0.717) is 18.8 Å². The molecule has 2 N–H and O–H groups in total. The summed E-state index contributed by atoms with van der Waals surface area (Å²) in [6, 6.07) is -0.249.